The smallest absolute Gasteiger partial charge is 0.0943 e. The van der Waals surface area contributed by atoms with Crippen molar-refractivity contribution in [2.75, 3.05) is 6.54 Å². The standard InChI is InChI=1S/C13H16N2S/c1-9-3-4-11(10(2)7-9)12-8-15-13(16-12)5-6-14/h3-4,7-8H,5-6,14H2,1-2H3. The molecule has 0 saturated heterocycles. The van der Waals surface area contributed by atoms with Crippen molar-refractivity contribution in [2.24, 2.45) is 5.73 Å². The fourth-order valence-electron chi connectivity index (χ4n) is 1.76. The van der Waals surface area contributed by atoms with E-state index in [4.69, 9.17) is 5.73 Å². The molecule has 0 fully saturated rings. The molecule has 0 bridgehead atoms. The second kappa shape index (κ2) is 4.76. The van der Waals surface area contributed by atoms with E-state index in [9.17, 15) is 0 Å². The van der Waals surface area contributed by atoms with E-state index in [0.29, 0.717) is 6.54 Å². The van der Waals surface area contributed by atoms with Gasteiger partial charge in [-0.25, -0.2) is 4.98 Å². The molecule has 1 aromatic heterocycles. The number of nitrogens with zero attached hydrogens (tertiary/aromatic N) is 1. The van der Waals surface area contributed by atoms with E-state index in [-0.39, 0.29) is 0 Å². The molecule has 0 unspecified atom stereocenters. The summed E-state index contributed by atoms with van der Waals surface area (Å²) >= 11 is 1.74. The average molecular weight is 232 g/mol. The molecule has 0 aliphatic rings. The van der Waals surface area contributed by atoms with Crippen molar-refractivity contribution in [1.29, 1.82) is 0 Å². The first-order valence-corrected chi connectivity index (χ1v) is 6.25. The molecule has 2 nitrogen and oxygen atoms in total. The van der Waals surface area contributed by atoms with Gasteiger partial charge in [-0.15, -0.1) is 11.3 Å². The lowest BCUT2D eigenvalue weighted by atomic mass is 10.1. The van der Waals surface area contributed by atoms with Gasteiger partial charge in [0, 0.05) is 12.6 Å². The molecule has 1 aromatic carbocycles. The topological polar surface area (TPSA) is 38.9 Å². The number of nitrogens with two attached hydrogens (primary N) is 1. The molecule has 3 heteroatoms. The SMILES string of the molecule is Cc1ccc(-c2cnc(CCN)s2)c(C)c1. The van der Waals surface area contributed by atoms with Crippen molar-refractivity contribution in [3.8, 4) is 10.4 Å². The molecule has 0 radical (unpaired) electrons. The zero-order chi connectivity index (χ0) is 11.5. The van der Waals surface area contributed by atoms with E-state index < -0.39 is 0 Å². The Balaban J connectivity index is 2.35. The summed E-state index contributed by atoms with van der Waals surface area (Å²) in [5.41, 5.74) is 9.42. The Hall–Kier alpha value is -1.19. The second-order valence-corrected chi connectivity index (χ2v) is 5.09. The van der Waals surface area contributed by atoms with Gasteiger partial charge >= 0.3 is 0 Å². The Kier molecular flexibility index (Phi) is 3.36. The van der Waals surface area contributed by atoms with Crippen molar-refractivity contribution >= 4 is 11.3 Å². The molecule has 0 aliphatic heterocycles. The molecule has 84 valence electrons. The molecule has 0 saturated carbocycles. The van der Waals surface area contributed by atoms with Crippen LogP contribution in [0.1, 0.15) is 16.1 Å². The van der Waals surface area contributed by atoms with Crippen LogP contribution in [0, 0.1) is 13.8 Å². The minimum absolute atomic E-state index is 0.667. The molecule has 2 aromatic rings. The van der Waals surface area contributed by atoms with Gasteiger partial charge in [0.15, 0.2) is 0 Å². The van der Waals surface area contributed by atoms with Crippen molar-refractivity contribution in [3.05, 3.63) is 40.5 Å². The first-order chi connectivity index (χ1) is 7.70. The number of hydrogen-bond acceptors (Lipinski definition) is 3. The third kappa shape index (κ3) is 2.31. The van der Waals surface area contributed by atoms with Crippen molar-refractivity contribution in [3.63, 3.8) is 0 Å². The first-order valence-electron chi connectivity index (χ1n) is 5.43. The maximum atomic E-state index is 5.52. The molecule has 0 aliphatic carbocycles. The predicted molar refractivity (Wildman–Crippen MR) is 69.8 cm³/mol. The lowest BCUT2D eigenvalue weighted by Gasteiger charge is -2.03. The largest absolute Gasteiger partial charge is 0.330 e. The normalized spacial score (nSPS) is 10.7. The summed E-state index contributed by atoms with van der Waals surface area (Å²) in [5.74, 6) is 0. The monoisotopic (exact) mass is 232 g/mol. The van der Waals surface area contributed by atoms with Crippen LogP contribution in [-0.2, 0) is 6.42 Å². The van der Waals surface area contributed by atoms with E-state index in [1.54, 1.807) is 11.3 Å². The van der Waals surface area contributed by atoms with Crippen LogP contribution in [0.15, 0.2) is 24.4 Å². The average Bonchev–Trinajstić information content (AvgIpc) is 2.67. The van der Waals surface area contributed by atoms with Crippen LogP contribution >= 0.6 is 11.3 Å². The van der Waals surface area contributed by atoms with Gasteiger partial charge in [0.2, 0.25) is 0 Å². The number of hydrogen-bond donors (Lipinski definition) is 1. The first kappa shape index (κ1) is 11.3. The second-order valence-electron chi connectivity index (χ2n) is 3.98. The summed E-state index contributed by atoms with van der Waals surface area (Å²) in [6, 6.07) is 6.52. The minimum Gasteiger partial charge on any atom is -0.330 e. The molecule has 0 atom stereocenters. The number of aryl methyl sites for hydroxylation is 2. The van der Waals surface area contributed by atoms with E-state index in [0.717, 1.165) is 11.4 Å². The zero-order valence-electron chi connectivity index (χ0n) is 9.66. The number of rotatable bonds is 3. The molecule has 0 amide bonds. The summed E-state index contributed by atoms with van der Waals surface area (Å²) in [6.45, 7) is 4.92. The quantitative estimate of drug-likeness (QED) is 0.883. The van der Waals surface area contributed by atoms with Crippen LogP contribution < -0.4 is 5.73 Å². The van der Waals surface area contributed by atoms with E-state index >= 15 is 0 Å². The third-order valence-electron chi connectivity index (χ3n) is 2.56. The van der Waals surface area contributed by atoms with Crippen LogP contribution in [-0.4, -0.2) is 11.5 Å². The number of aromatic nitrogens is 1. The summed E-state index contributed by atoms with van der Waals surface area (Å²) < 4.78 is 0. The van der Waals surface area contributed by atoms with E-state index in [2.05, 4.69) is 37.0 Å². The summed E-state index contributed by atoms with van der Waals surface area (Å²) in [4.78, 5) is 5.62. The molecule has 2 rings (SSSR count). The van der Waals surface area contributed by atoms with Crippen molar-refractivity contribution in [2.45, 2.75) is 20.3 Å². The van der Waals surface area contributed by atoms with Crippen molar-refractivity contribution < 1.29 is 0 Å². The summed E-state index contributed by atoms with van der Waals surface area (Å²) in [5, 5.41) is 1.12. The van der Waals surface area contributed by atoms with Gasteiger partial charge in [-0.2, -0.15) is 0 Å². The van der Waals surface area contributed by atoms with E-state index in [1.807, 2.05) is 6.20 Å². The number of benzene rings is 1. The van der Waals surface area contributed by atoms with Crippen LogP contribution in [0.25, 0.3) is 10.4 Å². The molecule has 0 spiro atoms. The van der Waals surface area contributed by atoms with Gasteiger partial charge in [-0.05, 0) is 31.5 Å². The Morgan fingerprint density at radius 2 is 2.12 bits per heavy atom. The van der Waals surface area contributed by atoms with Gasteiger partial charge in [-0.3, -0.25) is 0 Å². The maximum Gasteiger partial charge on any atom is 0.0943 e. The third-order valence-corrected chi connectivity index (χ3v) is 3.65. The van der Waals surface area contributed by atoms with E-state index in [1.165, 1.54) is 21.6 Å². The fourth-order valence-corrected chi connectivity index (χ4v) is 2.79. The number of thiazole rings is 1. The maximum absolute atomic E-state index is 5.52. The summed E-state index contributed by atoms with van der Waals surface area (Å²) in [7, 11) is 0. The predicted octanol–water partition coefficient (Wildman–Crippen LogP) is 2.93. The lowest BCUT2D eigenvalue weighted by Crippen LogP contribution is -2.01. The van der Waals surface area contributed by atoms with Gasteiger partial charge in [0.1, 0.15) is 0 Å². The fraction of sp³-hybridized carbons (Fsp3) is 0.308. The van der Waals surface area contributed by atoms with Crippen LogP contribution in [0.3, 0.4) is 0 Å². The Bertz CT molecular complexity index is 488. The van der Waals surface area contributed by atoms with Crippen LogP contribution in [0.2, 0.25) is 0 Å². The highest BCUT2D eigenvalue weighted by Gasteiger charge is 2.06. The molecular weight excluding hydrogens is 216 g/mol. The van der Waals surface area contributed by atoms with Crippen LogP contribution in [0.5, 0.6) is 0 Å². The van der Waals surface area contributed by atoms with Crippen molar-refractivity contribution in [1.82, 2.24) is 4.98 Å². The van der Waals surface area contributed by atoms with Crippen LogP contribution in [0.4, 0.5) is 0 Å². The zero-order valence-corrected chi connectivity index (χ0v) is 10.5. The molecular formula is C13H16N2S. The minimum atomic E-state index is 0.667. The van der Waals surface area contributed by atoms with Gasteiger partial charge in [0.05, 0.1) is 9.88 Å². The highest BCUT2D eigenvalue weighted by molar-refractivity contribution is 7.15. The molecule has 16 heavy (non-hydrogen) atoms. The van der Waals surface area contributed by atoms with Gasteiger partial charge < -0.3 is 5.73 Å². The summed E-state index contributed by atoms with van der Waals surface area (Å²) in [6.07, 6.45) is 2.82. The van der Waals surface area contributed by atoms with Gasteiger partial charge in [-0.1, -0.05) is 23.8 Å². The molecule has 1 heterocycles. The van der Waals surface area contributed by atoms with Gasteiger partial charge in [0.25, 0.3) is 0 Å². The Morgan fingerprint density at radius 1 is 1.31 bits per heavy atom. The lowest BCUT2D eigenvalue weighted by molar-refractivity contribution is 0.953. The Morgan fingerprint density at radius 3 is 2.81 bits per heavy atom. The highest BCUT2D eigenvalue weighted by atomic mass is 32.1. The highest BCUT2D eigenvalue weighted by Crippen LogP contribution is 2.29. The molecule has 2 N–H and O–H groups in total. The Labute approximate surface area is 100 Å².